The van der Waals surface area contributed by atoms with Crippen LogP contribution in [0.3, 0.4) is 0 Å². The van der Waals surface area contributed by atoms with Crippen molar-refractivity contribution >= 4 is 10.9 Å². The van der Waals surface area contributed by atoms with Crippen LogP contribution in [0.15, 0.2) is 24.3 Å². The minimum Gasteiger partial charge on any atom is -0.344 e. The number of para-hydroxylation sites is 1. The molecule has 0 aliphatic heterocycles. The van der Waals surface area contributed by atoms with Crippen molar-refractivity contribution in [1.29, 1.82) is 0 Å². The van der Waals surface area contributed by atoms with Gasteiger partial charge in [-0.3, -0.25) is 5.10 Å². The number of hydrogen-bond donors (Lipinski definition) is 1. The van der Waals surface area contributed by atoms with Crippen LogP contribution < -0.4 is 29.6 Å². The van der Waals surface area contributed by atoms with Gasteiger partial charge in [0, 0.05) is 0 Å². The van der Waals surface area contributed by atoms with Crippen molar-refractivity contribution in [2.45, 2.75) is 0 Å². The molecule has 3 heteroatoms. The molecule has 1 heterocycles. The van der Waals surface area contributed by atoms with Crippen molar-refractivity contribution in [1.82, 2.24) is 10.2 Å². The average molecular weight is 140 g/mol. The largest absolute Gasteiger partial charge is 1.00 e. The minimum atomic E-state index is 0. The number of fused-ring (bicyclic) bond motifs is 1. The smallest absolute Gasteiger partial charge is 0.344 e. The van der Waals surface area contributed by atoms with Crippen LogP contribution in [0.25, 0.3) is 10.9 Å². The molecule has 0 saturated carbocycles. The third-order valence-corrected chi connectivity index (χ3v) is 1.28. The average Bonchev–Trinajstić information content (AvgIpc) is 2.33. The number of aromatic amines is 1. The van der Waals surface area contributed by atoms with E-state index in [2.05, 4.69) is 16.4 Å². The maximum absolute atomic E-state index is 3.75. The third-order valence-electron chi connectivity index (χ3n) is 1.28. The quantitative estimate of drug-likeness (QED) is 0.345. The first-order valence-corrected chi connectivity index (χ1v) is 2.77. The Morgan fingerprint density at radius 3 is 2.90 bits per heavy atom. The molecule has 0 bridgehead atoms. The van der Waals surface area contributed by atoms with Crippen LogP contribution in [0.4, 0.5) is 0 Å². The maximum Gasteiger partial charge on any atom is 1.00 e. The summed E-state index contributed by atoms with van der Waals surface area (Å²) in [6.45, 7) is 0. The van der Waals surface area contributed by atoms with Crippen molar-refractivity contribution < 1.29 is 29.6 Å². The molecule has 0 spiro atoms. The number of nitrogens with one attached hydrogen (secondary N) is 1. The van der Waals surface area contributed by atoms with Gasteiger partial charge in [0.1, 0.15) is 0 Å². The van der Waals surface area contributed by atoms with E-state index in [1.807, 2.05) is 24.3 Å². The summed E-state index contributed by atoms with van der Waals surface area (Å²) in [4.78, 5) is 0. The number of rotatable bonds is 0. The van der Waals surface area contributed by atoms with E-state index in [0.29, 0.717) is 0 Å². The van der Waals surface area contributed by atoms with Gasteiger partial charge in [0.25, 0.3) is 0 Å². The summed E-state index contributed by atoms with van der Waals surface area (Å²) in [7, 11) is 0. The first-order chi connectivity index (χ1) is 4.47. The van der Waals surface area contributed by atoms with Gasteiger partial charge < -0.3 is 5.10 Å². The zero-order valence-corrected chi connectivity index (χ0v) is 7.76. The zero-order chi connectivity index (χ0) is 6.10. The van der Waals surface area contributed by atoms with Gasteiger partial charge in [0.05, 0.1) is 0 Å². The molecule has 2 aromatic rings. The van der Waals surface area contributed by atoms with E-state index in [4.69, 9.17) is 0 Å². The molecule has 2 nitrogen and oxygen atoms in total. The molecule has 0 amide bonds. The fourth-order valence-corrected chi connectivity index (χ4v) is 0.827. The Kier molecular flexibility index (Phi) is 2.49. The van der Waals surface area contributed by atoms with Gasteiger partial charge >= 0.3 is 29.6 Å². The van der Waals surface area contributed by atoms with Gasteiger partial charge in [0.2, 0.25) is 0 Å². The van der Waals surface area contributed by atoms with Crippen LogP contribution in [0.2, 0.25) is 0 Å². The Morgan fingerprint density at radius 2 is 2.10 bits per heavy atom. The van der Waals surface area contributed by atoms with Crippen LogP contribution in [0.1, 0.15) is 0 Å². The summed E-state index contributed by atoms with van der Waals surface area (Å²) in [5, 5.41) is 7.60. The van der Waals surface area contributed by atoms with Gasteiger partial charge in [-0.05, 0) is 11.7 Å². The molecule has 2 rings (SSSR count). The Morgan fingerprint density at radius 1 is 1.30 bits per heavy atom. The summed E-state index contributed by atoms with van der Waals surface area (Å²) < 4.78 is 0. The standard InChI is InChI=1S/C7H5N2.Na/c1-2-4-7-6(3-1)5-8-9-7;/h1-4H,(H,8,9);/q-1;+1. The molecule has 0 radical (unpaired) electrons. The molecule has 0 unspecified atom stereocenters. The molecule has 44 valence electrons. The number of nitrogens with zero attached hydrogens (tertiary/aromatic N) is 1. The number of hydrogen-bond acceptors (Lipinski definition) is 1. The summed E-state index contributed by atoms with van der Waals surface area (Å²) in [6, 6.07) is 7.88. The van der Waals surface area contributed by atoms with E-state index in [1.165, 1.54) is 0 Å². The molecule has 10 heavy (non-hydrogen) atoms. The van der Waals surface area contributed by atoms with Crippen molar-refractivity contribution in [3.8, 4) is 0 Å². The summed E-state index contributed by atoms with van der Waals surface area (Å²) in [5.74, 6) is 0. The molecule has 1 aromatic heterocycles. The van der Waals surface area contributed by atoms with E-state index in [-0.39, 0.29) is 29.6 Å². The van der Waals surface area contributed by atoms with E-state index in [0.717, 1.165) is 10.9 Å². The zero-order valence-electron chi connectivity index (χ0n) is 5.76. The van der Waals surface area contributed by atoms with E-state index >= 15 is 0 Å². The summed E-state index contributed by atoms with van der Waals surface area (Å²) in [6.07, 6.45) is 2.81. The minimum absolute atomic E-state index is 0. The molecular weight excluding hydrogens is 135 g/mol. The number of H-pyrrole nitrogens is 1. The molecule has 0 aliphatic rings. The Bertz CT molecular complexity index is 286. The van der Waals surface area contributed by atoms with E-state index in [9.17, 15) is 0 Å². The number of aromatic nitrogens is 2. The summed E-state index contributed by atoms with van der Waals surface area (Å²) in [5.41, 5.74) is 1.04. The molecular formula is C7H5N2Na. The number of benzene rings is 1. The van der Waals surface area contributed by atoms with Crippen LogP contribution >= 0.6 is 0 Å². The predicted molar refractivity (Wildman–Crippen MR) is 34.9 cm³/mol. The first kappa shape index (κ1) is 7.79. The van der Waals surface area contributed by atoms with Crippen LogP contribution in [-0.2, 0) is 0 Å². The molecule has 1 N–H and O–H groups in total. The molecule has 1 aromatic carbocycles. The second kappa shape index (κ2) is 3.19. The van der Waals surface area contributed by atoms with Crippen molar-refractivity contribution in [2.24, 2.45) is 0 Å². The third kappa shape index (κ3) is 1.24. The van der Waals surface area contributed by atoms with Gasteiger partial charge in [-0.2, -0.15) is 6.07 Å². The van der Waals surface area contributed by atoms with Gasteiger partial charge in [-0.1, -0.05) is 12.1 Å². The van der Waals surface area contributed by atoms with E-state index < -0.39 is 0 Å². The molecule has 0 fully saturated rings. The van der Waals surface area contributed by atoms with Gasteiger partial charge in [-0.15, -0.1) is 11.5 Å². The van der Waals surface area contributed by atoms with Gasteiger partial charge in [-0.25, -0.2) is 0 Å². The van der Waals surface area contributed by atoms with Crippen molar-refractivity contribution in [3.05, 3.63) is 30.5 Å². The van der Waals surface area contributed by atoms with Gasteiger partial charge in [0.15, 0.2) is 0 Å². The Labute approximate surface area is 80.9 Å². The van der Waals surface area contributed by atoms with Crippen molar-refractivity contribution in [3.63, 3.8) is 0 Å². The second-order valence-electron chi connectivity index (χ2n) is 1.88. The molecule has 0 saturated heterocycles. The maximum atomic E-state index is 3.75. The summed E-state index contributed by atoms with van der Waals surface area (Å²) >= 11 is 0. The fraction of sp³-hybridized carbons (Fsp3) is 0. The van der Waals surface area contributed by atoms with Crippen LogP contribution in [0.5, 0.6) is 0 Å². The molecule has 0 aliphatic carbocycles. The van der Waals surface area contributed by atoms with Crippen LogP contribution in [-0.4, -0.2) is 10.2 Å². The van der Waals surface area contributed by atoms with Crippen molar-refractivity contribution in [2.75, 3.05) is 0 Å². The first-order valence-electron chi connectivity index (χ1n) is 2.77. The Hall–Kier alpha value is -0.310. The van der Waals surface area contributed by atoms with E-state index in [1.54, 1.807) is 0 Å². The predicted octanol–water partition coefficient (Wildman–Crippen LogP) is -1.63. The SMILES string of the molecule is [Na+].[c-]1n[nH]c2ccccc12. The fourth-order valence-electron chi connectivity index (χ4n) is 0.827. The normalized spacial score (nSPS) is 9.20. The monoisotopic (exact) mass is 140 g/mol. The molecule has 0 atom stereocenters. The Balaban J connectivity index is 0.000000500. The van der Waals surface area contributed by atoms with Crippen LogP contribution in [0, 0.1) is 6.20 Å². The second-order valence-corrected chi connectivity index (χ2v) is 1.88. The topological polar surface area (TPSA) is 28.7 Å².